The molecule has 150 valence electrons. The summed E-state index contributed by atoms with van der Waals surface area (Å²) in [5.41, 5.74) is 0.369. The second-order valence-electron chi connectivity index (χ2n) is 9.01. The summed E-state index contributed by atoms with van der Waals surface area (Å²) < 4.78 is 0.867. The summed E-state index contributed by atoms with van der Waals surface area (Å²) in [7, 11) is 0. The zero-order chi connectivity index (χ0) is 18.9. The molecule has 4 aliphatic carbocycles. The van der Waals surface area contributed by atoms with Crippen LogP contribution in [0.25, 0.3) is 0 Å². The van der Waals surface area contributed by atoms with E-state index in [2.05, 4.69) is 34.7 Å². The lowest BCUT2D eigenvalue weighted by Crippen LogP contribution is -2.56. The number of nitrogens with zero attached hydrogens (tertiary/aromatic N) is 2. The second kappa shape index (κ2) is 8.27. The fourth-order valence-electron chi connectivity index (χ4n) is 5.98. The predicted molar refractivity (Wildman–Crippen MR) is 112 cm³/mol. The monoisotopic (exact) mass is 408 g/mol. The van der Waals surface area contributed by atoms with Gasteiger partial charge in [0.2, 0.25) is 11.0 Å². The number of unbranched alkanes of at least 4 members (excludes halogenated alkanes) is 1. The molecule has 0 aliphatic heterocycles. The molecule has 7 heteroatoms. The summed E-state index contributed by atoms with van der Waals surface area (Å²) in [6.45, 7) is 5.35. The molecule has 1 atom stereocenters. The van der Waals surface area contributed by atoms with E-state index < -0.39 is 0 Å². The highest BCUT2D eigenvalue weighted by Crippen LogP contribution is 2.61. The van der Waals surface area contributed by atoms with Gasteiger partial charge in [0.15, 0.2) is 4.34 Å². The van der Waals surface area contributed by atoms with Gasteiger partial charge >= 0.3 is 0 Å². The lowest BCUT2D eigenvalue weighted by atomic mass is 9.48. The number of rotatable bonds is 9. The molecule has 1 unspecified atom stereocenters. The van der Waals surface area contributed by atoms with Crippen molar-refractivity contribution in [1.29, 1.82) is 0 Å². The molecular weight excluding hydrogens is 376 g/mol. The maximum Gasteiger partial charge on any atom is 0.230 e. The molecule has 4 fully saturated rings. The van der Waals surface area contributed by atoms with Gasteiger partial charge in [-0.2, -0.15) is 0 Å². The van der Waals surface area contributed by atoms with Crippen LogP contribution in [-0.2, 0) is 4.79 Å². The number of amides is 1. The molecule has 0 aromatic carbocycles. The van der Waals surface area contributed by atoms with Crippen LogP contribution in [0.2, 0.25) is 0 Å². The van der Waals surface area contributed by atoms with Crippen LogP contribution in [-0.4, -0.2) is 34.4 Å². The average Bonchev–Trinajstić information content (AvgIpc) is 3.07. The number of hydrogen-bond donors (Lipinski definition) is 2. The van der Waals surface area contributed by atoms with Crippen LogP contribution in [0.4, 0.5) is 5.13 Å². The Kier molecular flexibility index (Phi) is 5.97. The van der Waals surface area contributed by atoms with Crippen LogP contribution in [0, 0.1) is 23.2 Å². The third-order valence-corrected chi connectivity index (χ3v) is 8.94. The zero-order valence-electron chi connectivity index (χ0n) is 16.5. The van der Waals surface area contributed by atoms with Crippen molar-refractivity contribution in [3.05, 3.63) is 0 Å². The first-order valence-electron chi connectivity index (χ1n) is 10.6. The van der Waals surface area contributed by atoms with Crippen molar-refractivity contribution in [1.82, 2.24) is 15.5 Å². The van der Waals surface area contributed by atoms with Crippen LogP contribution in [0.1, 0.15) is 65.2 Å². The van der Waals surface area contributed by atoms with E-state index in [0.717, 1.165) is 46.6 Å². The molecule has 0 spiro atoms. The minimum Gasteiger partial charge on any atom is -0.360 e. The molecule has 1 aromatic heterocycles. The van der Waals surface area contributed by atoms with Crippen LogP contribution in [0.15, 0.2) is 4.34 Å². The Morgan fingerprint density at radius 2 is 1.89 bits per heavy atom. The normalized spacial score (nSPS) is 32.4. The summed E-state index contributed by atoms with van der Waals surface area (Å²) >= 11 is 3.04. The third-order valence-electron chi connectivity index (χ3n) is 6.92. The van der Waals surface area contributed by atoms with Gasteiger partial charge in [-0.3, -0.25) is 4.79 Å². The van der Waals surface area contributed by atoms with Crippen molar-refractivity contribution in [3.8, 4) is 0 Å². The molecule has 2 N–H and O–H groups in total. The molecule has 27 heavy (non-hydrogen) atoms. The summed E-state index contributed by atoms with van der Waals surface area (Å²) in [6, 6.07) is 0.291. The minimum atomic E-state index is 0.138. The SMILES string of the molecule is CCCCNc1nnc(SCC(=O)NC(C)C23CC4CC(CC(C4)C2)C3)s1. The van der Waals surface area contributed by atoms with Crippen molar-refractivity contribution >= 4 is 34.1 Å². The maximum absolute atomic E-state index is 12.5. The number of anilines is 1. The molecule has 1 amide bonds. The van der Waals surface area contributed by atoms with Crippen LogP contribution in [0.3, 0.4) is 0 Å². The Balaban J connectivity index is 1.25. The van der Waals surface area contributed by atoms with E-state index in [1.807, 2.05) is 0 Å². The summed E-state index contributed by atoms with van der Waals surface area (Å²) in [4.78, 5) is 12.5. The fraction of sp³-hybridized carbons (Fsp3) is 0.850. The molecule has 1 aromatic rings. The van der Waals surface area contributed by atoms with E-state index in [9.17, 15) is 4.79 Å². The van der Waals surface area contributed by atoms with Crippen LogP contribution in [0.5, 0.6) is 0 Å². The van der Waals surface area contributed by atoms with Gasteiger partial charge in [-0.15, -0.1) is 10.2 Å². The van der Waals surface area contributed by atoms with Gasteiger partial charge in [-0.05, 0) is 75.0 Å². The molecule has 4 aliphatic rings. The Morgan fingerprint density at radius 1 is 1.22 bits per heavy atom. The molecule has 0 radical (unpaired) electrons. The number of thioether (sulfide) groups is 1. The van der Waals surface area contributed by atoms with Gasteiger partial charge < -0.3 is 10.6 Å². The highest BCUT2D eigenvalue weighted by Gasteiger charge is 2.53. The Hall–Kier alpha value is -0.820. The van der Waals surface area contributed by atoms with Gasteiger partial charge in [0, 0.05) is 12.6 Å². The van der Waals surface area contributed by atoms with E-state index in [1.54, 1.807) is 11.3 Å². The first-order chi connectivity index (χ1) is 13.1. The van der Waals surface area contributed by atoms with Crippen LogP contribution < -0.4 is 10.6 Å². The molecule has 4 saturated carbocycles. The molecule has 5 rings (SSSR count). The van der Waals surface area contributed by atoms with E-state index in [1.165, 1.54) is 50.3 Å². The molecule has 0 saturated heterocycles. The smallest absolute Gasteiger partial charge is 0.230 e. The average molecular weight is 409 g/mol. The minimum absolute atomic E-state index is 0.138. The van der Waals surface area contributed by atoms with Crippen LogP contribution >= 0.6 is 23.1 Å². The first-order valence-corrected chi connectivity index (χ1v) is 12.4. The van der Waals surface area contributed by atoms with Gasteiger partial charge in [-0.1, -0.05) is 36.4 Å². The van der Waals surface area contributed by atoms with Gasteiger partial charge in [0.25, 0.3) is 0 Å². The molecule has 5 nitrogen and oxygen atoms in total. The number of nitrogens with one attached hydrogen (secondary N) is 2. The van der Waals surface area contributed by atoms with Crippen molar-refractivity contribution in [3.63, 3.8) is 0 Å². The summed E-state index contributed by atoms with van der Waals surface area (Å²) in [6.07, 6.45) is 10.6. The van der Waals surface area contributed by atoms with Crippen molar-refractivity contribution in [2.45, 2.75) is 75.6 Å². The van der Waals surface area contributed by atoms with Crippen molar-refractivity contribution in [2.24, 2.45) is 23.2 Å². The van der Waals surface area contributed by atoms with Crippen molar-refractivity contribution in [2.75, 3.05) is 17.6 Å². The van der Waals surface area contributed by atoms with E-state index in [-0.39, 0.29) is 5.91 Å². The largest absolute Gasteiger partial charge is 0.360 e. The molecule has 1 heterocycles. The zero-order valence-corrected chi connectivity index (χ0v) is 18.1. The lowest BCUT2D eigenvalue weighted by molar-refractivity contribution is -0.123. The third kappa shape index (κ3) is 4.44. The Bertz CT molecular complexity index is 627. The predicted octanol–water partition coefficient (Wildman–Crippen LogP) is 4.56. The van der Waals surface area contributed by atoms with Gasteiger partial charge in [0.1, 0.15) is 0 Å². The quantitative estimate of drug-likeness (QED) is 0.463. The maximum atomic E-state index is 12.5. The van der Waals surface area contributed by atoms with E-state index in [0.29, 0.717) is 17.2 Å². The Labute approximate surface area is 170 Å². The number of carbonyl (C=O) groups excluding carboxylic acids is 1. The number of aromatic nitrogens is 2. The highest BCUT2D eigenvalue weighted by molar-refractivity contribution is 8.01. The van der Waals surface area contributed by atoms with Gasteiger partial charge in [0.05, 0.1) is 5.75 Å². The molecule has 4 bridgehead atoms. The molecular formula is C20H32N4OS2. The van der Waals surface area contributed by atoms with E-state index in [4.69, 9.17) is 0 Å². The lowest BCUT2D eigenvalue weighted by Gasteiger charge is -2.59. The highest BCUT2D eigenvalue weighted by atomic mass is 32.2. The fourth-order valence-corrected chi connectivity index (χ4v) is 7.57. The topological polar surface area (TPSA) is 66.9 Å². The Morgan fingerprint density at radius 3 is 2.52 bits per heavy atom. The number of hydrogen-bond acceptors (Lipinski definition) is 6. The number of carbonyl (C=O) groups is 1. The second-order valence-corrected chi connectivity index (χ2v) is 11.2. The standard InChI is InChI=1S/C20H32N4OS2/c1-3-4-5-21-18-23-24-19(27-18)26-12-17(25)22-13(2)20-9-14-6-15(10-20)8-16(7-14)11-20/h13-16H,3-12H2,1-2H3,(H,21,23)(H,22,25). The summed E-state index contributed by atoms with van der Waals surface area (Å²) in [5.74, 6) is 3.33. The summed E-state index contributed by atoms with van der Waals surface area (Å²) in [5, 5.41) is 15.8. The van der Waals surface area contributed by atoms with E-state index >= 15 is 0 Å². The van der Waals surface area contributed by atoms with Gasteiger partial charge in [-0.25, -0.2) is 0 Å². The van der Waals surface area contributed by atoms with Crippen molar-refractivity contribution < 1.29 is 4.79 Å². The first kappa shape index (κ1) is 19.5.